The normalized spacial score (nSPS) is 15.8. The summed E-state index contributed by atoms with van der Waals surface area (Å²) in [6, 6.07) is 15.4. The zero-order chi connectivity index (χ0) is 21.4. The van der Waals surface area contributed by atoms with Gasteiger partial charge in [-0.1, -0.05) is 18.2 Å². The molecule has 1 unspecified atom stereocenters. The van der Waals surface area contributed by atoms with Crippen molar-refractivity contribution in [3.63, 3.8) is 0 Å². The Morgan fingerprint density at radius 2 is 1.91 bits per heavy atom. The SMILES string of the molecule is Cc1ccc2cccc(N3CCN(CCC(O)c4csc5ccc(F)cc45)CC3)c2n1.Cl. The zero-order valence-corrected chi connectivity index (χ0v) is 19.6. The highest BCUT2D eigenvalue weighted by molar-refractivity contribution is 7.17. The van der Waals surface area contributed by atoms with Gasteiger partial charge in [-0.05, 0) is 54.6 Å². The number of piperazine rings is 1. The molecule has 32 heavy (non-hydrogen) atoms. The maximum absolute atomic E-state index is 13.6. The van der Waals surface area contributed by atoms with Crippen LogP contribution in [0.15, 0.2) is 53.9 Å². The molecule has 168 valence electrons. The number of anilines is 1. The standard InChI is InChI=1S/C25H26FN3OS.ClH/c1-17-5-6-18-3-2-4-22(25(18)27-17)29-13-11-28(12-14-29)10-9-23(30)21-16-31-24-8-7-19(26)15-20(21)24;/h2-8,15-16,23,30H,9-14H2,1H3;1H. The average molecular weight is 472 g/mol. The van der Waals surface area contributed by atoms with Crippen molar-refractivity contribution in [3.05, 3.63) is 71.0 Å². The second-order valence-electron chi connectivity index (χ2n) is 8.27. The Labute approximate surface area is 197 Å². The van der Waals surface area contributed by atoms with Gasteiger partial charge in [0, 0.05) is 53.9 Å². The van der Waals surface area contributed by atoms with Gasteiger partial charge in [-0.2, -0.15) is 0 Å². The topological polar surface area (TPSA) is 39.6 Å². The second kappa shape index (κ2) is 9.71. The fourth-order valence-corrected chi connectivity index (χ4v) is 5.42. The van der Waals surface area contributed by atoms with E-state index in [1.165, 1.54) is 23.2 Å². The van der Waals surface area contributed by atoms with Crippen molar-refractivity contribution >= 4 is 50.4 Å². The third-order valence-electron chi connectivity index (χ3n) is 6.19. The van der Waals surface area contributed by atoms with Crippen LogP contribution < -0.4 is 4.90 Å². The predicted octanol–water partition coefficient (Wildman–Crippen LogP) is 5.56. The molecule has 0 aliphatic carbocycles. The van der Waals surface area contributed by atoms with Crippen LogP contribution in [0.4, 0.5) is 10.1 Å². The minimum absolute atomic E-state index is 0. The van der Waals surface area contributed by atoms with Gasteiger partial charge in [0.25, 0.3) is 0 Å². The van der Waals surface area contributed by atoms with E-state index in [4.69, 9.17) is 4.98 Å². The van der Waals surface area contributed by atoms with E-state index in [0.717, 1.165) is 59.6 Å². The summed E-state index contributed by atoms with van der Waals surface area (Å²) in [6.07, 6.45) is 0.0796. The lowest BCUT2D eigenvalue weighted by atomic mass is 10.0. The van der Waals surface area contributed by atoms with Crippen molar-refractivity contribution in [1.82, 2.24) is 9.88 Å². The molecule has 5 rings (SSSR count). The number of fused-ring (bicyclic) bond motifs is 2. The van der Waals surface area contributed by atoms with Gasteiger partial charge in [0.2, 0.25) is 0 Å². The minimum atomic E-state index is -0.571. The van der Waals surface area contributed by atoms with Crippen LogP contribution in [0.5, 0.6) is 0 Å². The molecule has 4 nitrogen and oxygen atoms in total. The summed E-state index contributed by atoms with van der Waals surface area (Å²) in [6.45, 7) is 6.65. The molecule has 1 fully saturated rings. The molecule has 1 aliphatic rings. The van der Waals surface area contributed by atoms with Crippen molar-refractivity contribution in [2.75, 3.05) is 37.6 Å². The molecule has 0 bridgehead atoms. The number of hydrogen-bond acceptors (Lipinski definition) is 5. The molecule has 1 saturated heterocycles. The molecular weight excluding hydrogens is 445 g/mol. The van der Waals surface area contributed by atoms with Crippen LogP contribution >= 0.6 is 23.7 Å². The number of halogens is 2. The predicted molar refractivity (Wildman–Crippen MR) is 134 cm³/mol. The quantitative estimate of drug-likeness (QED) is 0.413. The fraction of sp³-hybridized carbons (Fsp3) is 0.320. The van der Waals surface area contributed by atoms with Gasteiger partial charge in [0.1, 0.15) is 5.82 Å². The molecule has 0 spiro atoms. The van der Waals surface area contributed by atoms with Crippen LogP contribution in [0.1, 0.15) is 23.8 Å². The molecular formula is C25H27ClFN3OS. The fourth-order valence-electron chi connectivity index (χ4n) is 4.44. The smallest absolute Gasteiger partial charge is 0.123 e. The van der Waals surface area contributed by atoms with Crippen molar-refractivity contribution in [1.29, 1.82) is 0 Å². The third-order valence-corrected chi connectivity index (χ3v) is 7.18. The van der Waals surface area contributed by atoms with Crippen LogP contribution in [0.2, 0.25) is 0 Å². The minimum Gasteiger partial charge on any atom is -0.388 e. The maximum Gasteiger partial charge on any atom is 0.123 e. The van der Waals surface area contributed by atoms with Gasteiger partial charge in [0.05, 0.1) is 17.3 Å². The number of thiophene rings is 1. The van der Waals surface area contributed by atoms with Crippen LogP contribution in [0.3, 0.4) is 0 Å². The summed E-state index contributed by atoms with van der Waals surface area (Å²) in [5.74, 6) is -0.256. The molecule has 0 amide bonds. The van der Waals surface area contributed by atoms with E-state index in [9.17, 15) is 9.50 Å². The number of aryl methyl sites for hydroxylation is 1. The Morgan fingerprint density at radius 1 is 1.09 bits per heavy atom. The van der Waals surface area contributed by atoms with Crippen molar-refractivity contribution in [3.8, 4) is 0 Å². The van der Waals surface area contributed by atoms with Crippen LogP contribution in [-0.4, -0.2) is 47.7 Å². The number of para-hydroxylation sites is 1. The number of benzene rings is 2. The first-order chi connectivity index (χ1) is 15.1. The van der Waals surface area contributed by atoms with E-state index in [-0.39, 0.29) is 18.2 Å². The lowest BCUT2D eigenvalue weighted by molar-refractivity contribution is 0.141. The summed E-state index contributed by atoms with van der Waals surface area (Å²) < 4.78 is 14.7. The van der Waals surface area contributed by atoms with Crippen LogP contribution in [-0.2, 0) is 0 Å². The lowest BCUT2D eigenvalue weighted by Crippen LogP contribution is -2.46. The number of hydrogen-bond donors (Lipinski definition) is 1. The lowest BCUT2D eigenvalue weighted by Gasteiger charge is -2.36. The molecule has 0 saturated carbocycles. The number of nitrogens with zero attached hydrogens (tertiary/aromatic N) is 3. The number of aliphatic hydroxyl groups excluding tert-OH is 1. The van der Waals surface area contributed by atoms with E-state index in [2.05, 4.69) is 40.1 Å². The van der Waals surface area contributed by atoms with Gasteiger partial charge in [-0.3, -0.25) is 9.88 Å². The van der Waals surface area contributed by atoms with Crippen molar-refractivity contribution in [2.24, 2.45) is 0 Å². The van der Waals surface area contributed by atoms with Gasteiger partial charge in [-0.25, -0.2) is 4.39 Å². The number of aromatic nitrogens is 1. The molecule has 7 heteroatoms. The maximum atomic E-state index is 13.6. The first-order valence-corrected chi connectivity index (χ1v) is 11.6. The largest absolute Gasteiger partial charge is 0.388 e. The van der Waals surface area contributed by atoms with Gasteiger partial charge >= 0.3 is 0 Å². The Bertz CT molecular complexity index is 1220. The Hall–Kier alpha value is -2.25. The molecule has 1 N–H and O–H groups in total. The first kappa shape index (κ1) is 22.9. The molecule has 1 aliphatic heterocycles. The van der Waals surface area contributed by atoms with E-state index in [0.29, 0.717) is 6.42 Å². The summed E-state index contributed by atoms with van der Waals surface area (Å²) in [4.78, 5) is 9.59. The highest BCUT2D eigenvalue weighted by atomic mass is 35.5. The van der Waals surface area contributed by atoms with Crippen molar-refractivity contribution < 1.29 is 9.50 Å². The summed E-state index contributed by atoms with van der Waals surface area (Å²) in [5, 5.41) is 14.7. The summed E-state index contributed by atoms with van der Waals surface area (Å²) >= 11 is 1.56. The van der Waals surface area contributed by atoms with E-state index < -0.39 is 6.10 Å². The Kier molecular flexibility index (Phi) is 6.96. The van der Waals surface area contributed by atoms with E-state index >= 15 is 0 Å². The monoisotopic (exact) mass is 471 g/mol. The number of rotatable bonds is 5. The summed E-state index contributed by atoms with van der Waals surface area (Å²) in [7, 11) is 0. The number of pyridine rings is 1. The third kappa shape index (κ3) is 4.59. The van der Waals surface area contributed by atoms with E-state index in [1.807, 2.05) is 12.3 Å². The summed E-state index contributed by atoms with van der Waals surface area (Å²) in [5.41, 5.74) is 4.15. The zero-order valence-electron chi connectivity index (χ0n) is 18.0. The Morgan fingerprint density at radius 3 is 2.72 bits per heavy atom. The molecule has 1 atom stereocenters. The van der Waals surface area contributed by atoms with Gasteiger partial charge in [0.15, 0.2) is 0 Å². The van der Waals surface area contributed by atoms with Crippen LogP contribution in [0, 0.1) is 12.7 Å². The average Bonchev–Trinajstić information content (AvgIpc) is 3.20. The van der Waals surface area contributed by atoms with Gasteiger partial charge < -0.3 is 10.0 Å². The highest BCUT2D eigenvalue weighted by Crippen LogP contribution is 2.32. The van der Waals surface area contributed by atoms with Crippen molar-refractivity contribution in [2.45, 2.75) is 19.4 Å². The molecule has 2 aromatic heterocycles. The highest BCUT2D eigenvalue weighted by Gasteiger charge is 2.21. The second-order valence-corrected chi connectivity index (χ2v) is 9.18. The molecule has 3 heterocycles. The van der Waals surface area contributed by atoms with E-state index in [1.54, 1.807) is 17.4 Å². The Balaban J connectivity index is 0.00000245. The molecule has 2 aromatic carbocycles. The number of aliphatic hydroxyl groups is 1. The van der Waals surface area contributed by atoms with Gasteiger partial charge in [-0.15, -0.1) is 23.7 Å². The van der Waals surface area contributed by atoms with Crippen LogP contribution in [0.25, 0.3) is 21.0 Å². The molecule has 4 aromatic rings. The first-order valence-electron chi connectivity index (χ1n) is 10.8. The molecule has 0 radical (unpaired) electrons.